The molecule has 0 N–H and O–H groups in total. The van der Waals surface area contributed by atoms with Crippen LogP contribution in [0, 0.1) is 12.9 Å². The van der Waals surface area contributed by atoms with E-state index < -0.39 is 11.5 Å². The van der Waals surface area contributed by atoms with Crippen LogP contribution in [0.15, 0.2) is 76.6 Å². The van der Waals surface area contributed by atoms with Crippen LogP contribution >= 0.6 is 0 Å². The number of halogens is 1. The van der Waals surface area contributed by atoms with Gasteiger partial charge in [0.05, 0.1) is 47.1 Å². The van der Waals surface area contributed by atoms with Crippen molar-refractivity contribution in [2.75, 3.05) is 7.05 Å². The topological polar surface area (TPSA) is 94.1 Å². The van der Waals surface area contributed by atoms with Crippen molar-refractivity contribution in [2.24, 2.45) is 5.10 Å². The minimum absolute atomic E-state index is 0.222. The lowest BCUT2D eigenvalue weighted by Gasteiger charge is -2.13. The molecule has 0 bridgehead atoms. The van der Waals surface area contributed by atoms with E-state index in [1.165, 1.54) is 16.8 Å². The summed E-state index contributed by atoms with van der Waals surface area (Å²) in [6.45, 7) is 2.03. The van der Waals surface area contributed by atoms with Gasteiger partial charge in [0.25, 0.3) is 0 Å². The molecule has 0 saturated heterocycles. The number of hydrogen-bond donors (Lipinski definition) is 0. The molecular formula is C26H19FN8O. The molecule has 0 saturated carbocycles. The molecule has 3 aliphatic heterocycles. The van der Waals surface area contributed by atoms with E-state index in [2.05, 4.69) is 31.0 Å². The van der Waals surface area contributed by atoms with E-state index in [1.807, 2.05) is 43.4 Å². The first-order valence-electron chi connectivity index (χ1n) is 11.2. The number of hydrogen-bond acceptors (Lipinski definition) is 7. The van der Waals surface area contributed by atoms with Gasteiger partial charge in [0.15, 0.2) is 5.69 Å². The van der Waals surface area contributed by atoms with Crippen molar-refractivity contribution in [3.05, 3.63) is 99.9 Å². The summed E-state index contributed by atoms with van der Waals surface area (Å²) in [6.07, 6.45) is 5.24. The zero-order chi connectivity index (χ0) is 24.8. The Balaban J connectivity index is 1.44. The standard InChI is InChI=1S/C26H19FN8O/c1-16-21(9-10-23(27)30-16)35-26(36)25-24(32-35)19-5-3-4-6-22(19)34(31-25)15-17-7-8-20(28-13-17)18-11-12-33(2)29-14-18/h3-10,12-14H,15H2,1-2H3. The van der Waals surface area contributed by atoms with Gasteiger partial charge < -0.3 is 0 Å². The number of para-hydroxylation sites is 1. The summed E-state index contributed by atoms with van der Waals surface area (Å²) < 4.78 is 16.5. The maximum Gasteiger partial charge on any atom is 0.301 e. The second kappa shape index (κ2) is 8.37. The zero-order valence-electron chi connectivity index (χ0n) is 19.4. The van der Waals surface area contributed by atoms with E-state index >= 15 is 0 Å². The van der Waals surface area contributed by atoms with Crippen molar-refractivity contribution in [1.82, 2.24) is 34.5 Å². The zero-order valence-corrected chi connectivity index (χ0v) is 19.4. The van der Waals surface area contributed by atoms with Crippen LogP contribution in [0.4, 0.5) is 4.39 Å². The lowest BCUT2D eigenvalue weighted by Crippen LogP contribution is -2.18. The number of hydrazone groups is 1. The largest absolute Gasteiger partial charge is 0.301 e. The van der Waals surface area contributed by atoms with Crippen LogP contribution in [0.25, 0.3) is 33.6 Å². The molecule has 36 heavy (non-hydrogen) atoms. The molecule has 0 spiro atoms. The third kappa shape index (κ3) is 3.66. The number of nitrogens with zero attached hydrogens (tertiary/aromatic N) is 8. The summed E-state index contributed by atoms with van der Waals surface area (Å²) in [7, 11) is 1.83. The third-order valence-corrected chi connectivity index (χ3v) is 5.94. The van der Waals surface area contributed by atoms with Crippen LogP contribution in [-0.4, -0.2) is 47.8 Å². The average molecular weight is 478 g/mol. The van der Waals surface area contributed by atoms with Crippen LogP contribution in [0.1, 0.15) is 17.0 Å². The first kappa shape index (κ1) is 21.6. The van der Waals surface area contributed by atoms with Crippen molar-refractivity contribution < 1.29 is 4.39 Å². The van der Waals surface area contributed by atoms with Crippen molar-refractivity contribution in [2.45, 2.75) is 13.5 Å². The Hall–Kier alpha value is -4.95. The maximum absolute atomic E-state index is 13.5. The molecule has 0 amide bonds. The molecule has 0 aliphatic carbocycles. The third-order valence-electron chi connectivity index (χ3n) is 5.94. The van der Waals surface area contributed by atoms with Crippen molar-refractivity contribution in [3.63, 3.8) is 0 Å². The summed E-state index contributed by atoms with van der Waals surface area (Å²) in [6, 6.07) is 14.2. The van der Waals surface area contributed by atoms with Gasteiger partial charge in [-0.25, -0.2) is 4.98 Å². The molecule has 0 atom stereocenters. The Morgan fingerprint density at radius 2 is 1.89 bits per heavy atom. The fourth-order valence-electron chi connectivity index (χ4n) is 4.14. The molecule has 0 unspecified atom stereocenters. The Labute approximate surface area is 204 Å². The number of allylic oxidation sites excluding steroid dienone is 1. The Bertz CT molecular complexity index is 1760. The number of aryl methyl sites for hydroxylation is 1. The molecule has 1 aromatic carbocycles. The molecule has 0 radical (unpaired) electrons. The van der Waals surface area contributed by atoms with Gasteiger partial charge in [-0.2, -0.15) is 24.4 Å². The van der Waals surface area contributed by atoms with Crippen molar-refractivity contribution in [1.29, 1.82) is 0 Å². The monoisotopic (exact) mass is 478 g/mol. The number of fused-ring (bicyclic) bond motifs is 3. The summed E-state index contributed by atoms with van der Waals surface area (Å²) in [4.78, 5) is 21.7. The van der Waals surface area contributed by atoms with Gasteiger partial charge in [0.2, 0.25) is 5.95 Å². The SMILES string of the molecule is Cc1nc(F)ccc1-n1nc2c3ccccc3n(Cc3ccc(C4=C=CN(C)N=C4)nc3)nc-2c1=O. The van der Waals surface area contributed by atoms with Crippen LogP contribution in [0.3, 0.4) is 0 Å². The van der Waals surface area contributed by atoms with Crippen molar-refractivity contribution >= 4 is 22.7 Å². The van der Waals surface area contributed by atoms with Gasteiger partial charge in [-0.15, -0.1) is 0 Å². The predicted octanol–water partition coefficient (Wildman–Crippen LogP) is 3.40. The molecule has 3 aliphatic rings. The molecule has 0 fully saturated rings. The Morgan fingerprint density at radius 1 is 1.03 bits per heavy atom. The minimum atomic E-state index is -0.614. The average Bonchev–Trinajstić information content (AvgIpc) is 3.21. The summed E-state index contributed by atoms with van der Waals surface area (Å²) in [5.74, 6) is -0.614. The van der Waals surface area contributed by atoms with E-state index in [4.69, 9.17) is 0 Å². The first-order valence-corrected chi connectivity index (χ1v) is 11.2. The van der Waals surface area contributed by atoms with Crippen LogP contribution in [-0.2, 0) is 6.54 Å². The molecule has 5 heterocycles. The summed E-state index contributed by atoms with van der Waals surface area (Å²) in [5, 5.41) is 15.9. The van der Waals surface area contributed by atoms with Gasteiger partial charge in [0.1, 0.15) is 5.69 Å². The quantitative estimate of drug-likeness (QED) is 0.290. The molecule has 2 aromatic heterocycles. The van der Waals surface area contributed by atoms with E-state index in [9.17, 15) is 9.18 Å². The van der Waals surface area contributed by atoms with Gasteiger partial charge >= 0.3 is 5.56 Å². The van der Waals surface area contributed by atoms with Crippen LogP contribution < -0.4 is 5.56 Å². The van der Waals surface area contributed by atoms with E-state index in [1.54, 1.807) is 35.2 Å². The molecule has 10 heteroatoms. The van der Waals surface area contributed by atoms with Gasteiger partial charge in [-0.3, -0.25) is 19.5 Å². The highest BCUT2D eigenvalue weighted by atomic mass is 19.1. The number of pyridine rings is 2. The number of benzene rings is 1. The number of aromatic nitrogens is 6. The molecule has 176 valence electrons. The Morgan fingerprint density at radius 3 is 2.64 bits per heavy atom. The molecule has 9 nitrogen and oxygen atoms in total. The lowest BCUT2D eigenvalue weighted by molar-refractivity contribution is 0.493. The normalized spacial score (nSPS) is 13.1. The molecule has 6 rings (SSSR count). The highest BCUT2D eigenvalue weighted by molar-refractivity contribution is 6.08. The second-order valence-electron chi connectivity index (χ2n) is 8.38. The summed E-state index contributed by atoms with van der Waals surface area (Å²) in [5.41, 5.74) is 7.52. The fraction of sp³-hybridized carbons (Fsp3) is 0.115. The predicted molar refractivity (Wildman–Crippen MR) is 133 cm³/mol. The second-order valence-corrected chi connectivity index (χ2v) is 8.38. The van der Waals surface area contributed by atoms with Gasteiger partial charge in [-0.05, 0) is 36.8 Å². The van der Waals surface area contributed by atoms with Crippen LogP contribution in [0.2, 0.25) is 0 Å². The number of rotatable bonds is 4. The maximum atomic E-state index is 13.5. The lowest BCUT2D eigenvalue weighted by atomic mass is 10.1. The molecule has 3 aromatic rings. The first-order chi connectivity index (χ1) is 17.5. The fourth-order valence-corrected chi connectivity index (χ4v) is 4.14. The minimum Gasteiger partial charge on any atom is -0.268 e. The van der Waals surface area contributed by atoms with Crippen molar-refractivity contribution in [3.8, 4) is 17.1 Å². The van der Waals surface area contributed by atoms with E-state index in [0.717, 1.165) is 27.7 Å². The van der Waals surface area contributed by atoms with E-state index in [0.29, 0.717) is 23.6 Å². The Kier molecular flexibility index (Phi) is 5.01. The smallest absolute Gasteiger partial charge is 0.268 e. The van der Waals surface area contributed by atoms with Crippen LogP contribution in [0.5, 0.6) is 0 Å². The van der Waals surface area contributed by atoms with Gasteiger partial charge in [-0.1, -0.05) is 30.0 Å². The summed E-state index contributed by atoms with van der Waals surface area (Å²) >= 11 is 0. The highest BCUT2D eigenvalue weighted by Gasteiger charge is 2.23. The molecular weight excluding hydrogens is 459 g/mol. The van der Waals surface area contributed by atoms with Gasteiger partial charge in [0, 0.05) is 18.6 Å². The highest BCUT2D eigenvalue weighted by Crippen LogP contribution is 2.27. The van der Waals surface area contributed by atoms with E-state index in [-0.39, 0.29) is 5.69 Å².